The van der Waals surface area contributed by atoms with Gasteiger partial charge in [-0.05, 0) is 6.07 Å². The molecular weight excluding hydrogens is 455 g/mol. The van der Waals surface area contributed by atoms with E-state index in [2.05, 4.69) is 20.3 Å². The SMILES string of the molecule is O=C(Nc1nc(F)nc2c1ncn2C1O[C@H](CO)[C@@H](O)[C@@H]1O)OCc1ccc([N+](=O)[O-])s1. The van der Waals surface area contributed by atoms with Gasteiger partial charge in [0, 0.05) is 10.9 Å². The number of amides is 1. The number of nitro groups is 1. The number of nitrogens with one attached hydrogen (secondary N) is 1. The Kier molecular flexibility index (Phi) is 5.94. The maximum atomic E-state index is 14.0. The molecule has 0 aliphatic carbocycles. The monoisotopic (exact) mass is 470 g/mol. The van der Waals surface area contributed by atoms with Gasteiger partial charge in [0.2, 0.25) is 0 Å². The minimum Gasteiger partial charge on any atom is -0.444 e. The van der Waals surface area contributed by atoms with Crippen molar-refractivity contribution >= 4 is 39.4 Å². The van der Waals surface area contributed by atoms with E-state index in [0.29, 0.717) is 4.88 Å². The number of nitrogens with zero attached hydrogens (tertiary/aromatic N) is 5. The number of hydrogen-bond acceptors (Lipinski definition) is 12. The van der Waals surface area contributed by atoms with Gasteiger partial charge in [-0.15, -0.1) is 0 Å². The molecule has 4 atom stereocenters. The van der Waals surface area contributed by atoms with Gasteiger partial charge in [0.25, 0.3) is 0 Å². The van der Waals surface area contributed by atoms with E-state index < -0.39 is 48.2 Å². The van der Waals surface area contributed by atoms with Gasteiger partial charge >= 0.3 is 17.2 Å². The fraction of sp³-hybridized carbons (Fsp3) is 0.375. The molecule has 1 fully saturated rings. The molecule has 1 amide bonds. The highest BCUT2D eigenvalue weighted by Gasteiger charge is 2.44. The third-order valence-electron chi connectivity index (χ3n) is 4.58. The standard InChI is InChI=1S/C16H15FN6O8S/c17-15-19-12(20-16(27)30-4-6-1-2-8(32-6)23(28)29)9-13(21-15)22(5-18-9)14-11(26)10(25)7(3-24)31-14/h1-2,5,7,10-11,14,24-26H,3-4H2,(H,19,20,21,27)/t7-,10-,11+,14?/m1/s1. The summed E-state index contributed by atoms with van der Waals surface area (Å²) in [5, 5.41) is 42.2. The van der Waals surface area contributed by atoms with E-state index in [-0.39, 0.29) is 28.6 Å². The first-order chi connectivity index (χ1) is 15.3. The number of anilines is 1. The Labute approximate surface area is 181 Å². The molecule has 0 aromatic carbocycles. The molecule has 170 valence electrons. The van der Waals surface area contributed by atoms with E-state index in [1.807, 2.05) is 0 Å². The van der Waals surface area contributed by atoms with E-state index >= 15 is 0 Å². The molecule has 4 heterocycles. The first kappa shape index (κ1) is 21.9. The number of carbonyl (C=O) groups excluding carboxylic acids is 1. The summed E-state index contributed by atoms with van der Waals surface area (Å²) in [6.45, 7) is -0.825. The summed E-state index contributed by atoms with van der Waals surface area (Å²) in [7, 11) is 0. The number of imidazole rings is 1. The largest absolute Gasteiger partial charge is 0.444 e. The Morgan fingerprint density at radius 3 is 2.81 bits per heavy atom. The molecule has 1 aliphatic rings. The number of fused-ring (bicyclic) bond motifs is 1. The van der Waals surface area contributed by atoms with Crippen molar-refractivity contribution in [3.63, 3.8) is 0 Å². The number of thiophene rings is 1. The van der Waals surface area contributed by atoms with Gasteiger partial charge in [-0.1, -0.05) is 11.3 Å². The minimum atomic E-state index is -1.46. The van der Waals surface area contributed by atoms with Crippen LogP contribution in [0.4, 0.5) is 20.0 Å². The quantitative estimate of drug-likeness (QED) is 0.220. The van der Waals surface area contributed by atoms with E-state index in [9.17, 15) is 34.6 Å². The number of aliphatic hydroxyl groups excluding tert-OH is 3. The Bertz CT molecular complexity index is 1170. The average molecular weight is 470 g/mol. The second-order valence-electron chi connectivity index (χ2n) is 6.59. The van der Waals surface area contributed by atoms with Crippen molar-refractivity contribution in [2.24, 2.45) is 0 Å². The van der Waals surface area contributed by atoms with E-state index in [0.717, 1.165) is 22.2 Å². The van der Waals surface area contributed by atoms with E-state index in [1.54, 1.807) is 0 Å². The summed E-state index contributed by atoms with van der Waals surface area (Å²) in [4.78, 5) is 33.8. The minimum absolute atomic E-state index is 0.0622. The second-order valence-corrected chi connectivity index (χ2v) is 7.74. The predicted molar refractivity (Wildman–Crippen MR) is 103 cm³/mol. The van der Waals surface area contributed by atoms with Crippen molar-refractivity contribution in [2.45, 2.75) is 31.1 Å². The highest BCUT2D eigenvalue weighted by Crippen LogP contribution is 2.32. The third kappa shape index (κ3) is 4.08. The molecule has 0 bridgehead atoms. The smallest absolute Gasteiger partial charge is 0.413 e. The molecule has 4 N–H and O–H groups in total. The number of aromatic nitrogens is 4. The average Bonchev–Trinajstić information content (AvgIpc) is 3.45. The first-order valence-electron chi connectivity index (χ1n) is 8.98. The molecule has 1 saturated heterocycles. The maximum Gasteiger partial charge on any atom is 0.413 e. The van der Waals surface area contributed by atoms with Crippen LogP contribution < -0.4 is 5.32 Å². The van der Waals surface area contributed by atoms with Crippen molar-refractivity contribution in [2.75, 3.05) is 11.9 Å². The second kappa shape index (κ2) is 8.67. The molecule has 32 heavy (non-hydrogen) atoms. The van der Waals surface area contributed by atoms with Crippen LogP contribution in [0.2, 0.25) is 0 Å². The van der Waals surface area contributed by atoms with Crippen molar-refractivity contribution in [1.29, 1.82) is 0 Å². The van der Waals surface area contributed by atoms with E-state index in [1.165, 1.54) is 12.1 Å². The highest BCUT2D eigenvalue weighted by molar-refractivity contribution is 7.15. The zero-order chi connectivity index (χ0) is 23.0. The molecule has 16 heteroatoms. The summed E-state index contributed by atoms with van der Waals surface area (Å²) in [6.07, 6.45) is -6.26. The zero-order valence-corrected chi connectivity index (χ0v) is 16.7. The fourth-order valence-electron chi connectivity index (χ4n) is 3.08. The molecule has 4 rings (SSSR count). The van der Waals surface area contributed by atoms with Crippen LogP contribution in [0.1, 0.15) is 11.1 Å². The molecule has 0 spiro atoms. The van der Waals surface area contributed by atoms with Gasteiger partial charge in [0.15, 0.2) is 23.2 Å². The third-order valence-corrected chi connectivity index (χ3v) is 5.59. The van der Waals surface area contributed by atoms with Crippen molar-refractivity contribution in [1.82, 2.24) is 19.5 Å². The van der Waals surface area contributed by atoms with Crippen molar-refractivity contribution in [3.8, 4) is 0 Å². The van der Waals surface area contributed by atoms with Crippen molar-refractivity contribution < 1.29 is 38.9 Å². The van der Waals surface area contributed by atoms with Crippen LogP contribution in [0.25, 0.3) is 11.2 Å². The number of hydrogen-bond donors (Lipinski definition) is 4. The van der Waals surface area contributed by atoms with Crippen LogP contribution >= 0.6 is 11.3 Å². The number of rotatable bonds is 6. The Morgan fingerprint density at radius 2 is 2.16 bits per heavy atom. The lowest BCUT2D eigenvalue weighted by molar-refractivity contribution is -0.380. The summed E-state index contributed by atoms with van der Waals surface area (Å²) in [5.74, 6) is -0.333. The highest BCUT2D eigenvalue weighted by atomic mass is 32.1. The normalized spacial score (nSPS) is 22.9. The van der Waals surface area contributed by atoms with Crippen LogP contribution in [0, 0.1) is 16.2 Å². The summed E-state index contributed by atoms with van der Waals surface area (Å²) in [5.41, 5.74) is -0.218. The fourth-order valence-corrected chi connectivity index (χ4v) is 3.82. The Morgan fingerprint density at radius 1 is 1.38 bits per heavy atom. The van der Waals surface area contributed by atoms with Crippen LogP contribution in [-0.4, -0.2) is 70.8 Å². The lowest BCUT2D eigenvalue weighted by Crippen LogP contribution is -2.33. The number of aliphatic hydroxyl groups is 3. The molecular formula is C16H15FN6O8S. The molecule has 1 aliphatic heterocycles. The van der Waals surface area contributed by atoms with Crippen LogP contribution in [0.5, 0.6) is 0 Å². The van der Waals surface area contributed by atoms with Crippen LogP contribution in [-0.2, 0) is 16.1 Å². The Balaban J connectivity index is 1.52. The lowest BCUT2D eigenvalue weighted by atomic mass is 10.1. The number of carbonyl (C=O) groups is 1. The summed E-state index contributed by atoms with van der Waals surface area (Å²) >= 11 is 0.833. The summed E-state index contributed by atoms with van der Waals surface area (Å²) < 4.78 is 25.5. The Hall–Kier alpha value is -3.31. The van der Waals surface area contributed by atoms with Gasteiger partial charge in [-0.3, -0.25) is 20.0 Å². The lowest BCUT2D eigenvalue weighted by Gasteiger charge is -2.16. The topological polar surface area (TPSA) is 195 Å². The molecule has 0 saturated carbocycles. The van der Waals surface area contributed by atoms with E-state index in [4.69, 9.17) is 9.47 Å². The van der Waals surface area contributed by atoms with Gasteiger partial charge in [-0.25, -0.2) is 9.78 Å². The molecule has 1 unspecified atom stereocenters. The van der Waals surface area contributed by atoms with Gasteiger partial charge in [0.05, 0.1) is 17.9 Å². The van der Waals surface area contributed by atoms with Gasteiger partial charge < -0.3 is 24.8 Å². The van der Waals surface area contributed by atoms with Crippen LogP contribution in [0.3, 0.4) is 0 Å². The predicted octanol–water partition coefficient (Wildman–Crippen LogP) is 0.295. The van der Waals surface area contributed by atoms with Gasteiger partial charge in [0.1, 0.15) is 24.9 Å². The molecule has 0 radical (unpaired) electrons. The number of ether oxygens (including phenoxy) is 2. The summed E-state index contributed by atoms with van der Waals surface area (Å²) in [6, 6.07) is 2.70. The molecule has 3 aromatic rings. The number of halogens is 1. The maximum absolute atomic E-state index is 14.0. The zero-order valence-electron chi connectivity index (χ0n) is 15.9. The van der Waals surface area contributed by atoms with Crippen molar-refractivity contribution in [3.05, 3.63) is 39.5 Å². The molecule has 14 nitrogen and oxygen atoms in total. The first-order valence-corrected chi connectivity index (χ1v) is 9.79. The van der Waals surface area contributed by atoms with Gasteiger partial charge in [-0.2, -0.15) is 14.4 Å². The molecule has 3 aromatic heterocycles. The van der Waals surface area contributed by atoms with Crippen LogP contribution in [0.15, 0.2) is 18.5 Å².